The summed E-state index contributed by atoms with van der Waals surface area (Å²) < 4.78 is 10.3. The lowest BCUT2D eigenvalue weighted by molar-refractivity contribution is -0.137. The monoisotopic (exact) mass is 349 g/mol. The summed E-state index contributed by atoms with van der Waals surface area (Å²) in [7, 11) is 4.50. The Morgan fingerprint density at radius 3 is 2.64 bits per heavy atom. The molecule has 3 amide bonds. The summed E-state index contributed by atoms with van der Waals surface area (Å²) in [6.07, 6.45) is 1.39. The summed E-state index contributed by atoms with van der Waals surface area (Å²) >= 11 is 0. The minimum atomic E-state index is -0.472. The number of benzene rings is 1. The van der Waals surface area contributed by atoms with E-state index >= 15 is 0 Å². The van der Waals surface area contributed by atoms with Gasteiger partial charge in [-0.3, -0.25) is 14.4 Å². The Morgan fingerprint density at radius 1 is 1.24 bits per heavy atom. The Hall–Kier alpha value is -2.77. The minimum Gasteiger partial charge on any atom is -0.497 e. The van der Waals surface area contributed by atoms with Crippen molar-refractivity contribution >= 4 is 17.7 Å². The van der Waals surface area contributed by atoms with Crippen molar-refractivity contribution in [2.45, 2.75) is 18.9 Å². The lowest BCUT2D eigenvalue weighted by Gasteiger charge is -2.23. The molecule has 1 aromatic rings. The number of nitrogens with one attached hydrogen (secondary N) is 2. The molecule has 1 aliphatic rings. The smallest absolute Gasteiger partial charge is 0.255 e. The van der Waals surface area contributed by atoms with E-state index in [-0.39, 0.29) is 23.9 Å². The zero-order valence-electron chi connectivity index (χ0n) is 14.6. The van der Waals surface area contributed by atoms with E-state index in [1.807, 2.05) is 0 Å². The van der Waals surface area contributed by atoms with Gasteiger partial charge in [0.25, 0.3) is 5.91 Å². The second-order valence-electron chi connectivity index (χ2n) is 5.61. The van der Waals surface area contributed by atoms with Crippen LogP contribution in [0.4, 0.5) is 0 Å². The lowest BCUT2D eigenvalue weighted by Crippen LogP contribution is -2.48. The molecule has 1 heterocycles. The van der Waals surface area contributed by atoms with Crippen LogP contribution < -0.4 is 20.1 Å². The molecule has 0 aromatic heterocycles. The van der Waals surface area contributed by atoms with E-state index in [2.05, 4.69) is 10.6 Å². The van der Waals surface area contributed by atoms with E-state index in [0.717, 1.165) is 6.42 Å². The van der Waals surface area contributed by atoms with Crippen LogP contribution in [0.1, 0.15) is 23.2 Å². The molecule has 1 aliphatic heterocycles. The van der Waals surface area contributed by atoms with Crippen molar-refractivity contribution in [2.24, 2.45) is 0 Å². The highest BCUT2D eigenvalue weighted by Crippen LogP contribution is 2.24. The summed E-state index contributed by atoms with van der Waals surface area (Å²) in [5, 5.41) is 5.14. The summed E-state index contributed by atoms with van der Waals surface area (Å²) in [5.41, 5.74) is 0.277. The van der Waals surface area contributed by atoms with Crippen LogP contribution in [0.15, 0.2) is 18.2 Å². The van der Waals surface area contributed by atoms with Crippen LogP contribution in [-0.4, -0.2) is 63.0 Å². The van der Waals surface area contributed by atoms with Crippen molar-refractivity contribution in [3.63, 3.8) is 0 Å². The van der Waals surface area contributed by atoms with Crippen molar-refractivity contribution in [1.29, 1.82) is 0 Å². The van der Waals surface area contributed by atoms with Gasteiger partial charge in [-0.25, -0.2) is 0 Å². The van der Waals surface area contributed by atoms with Crippen molar-refractivity contribution in [3.05, 3.63) is 23.8 Å². The van der Waals surface area contributed by atoms with Crippen molar-refractivity contribution in [2.75, 3.05) is 34.4 Å². The fourth-order valence-corrected chi connectivity index (χ4v) is 2.85. The Labute approximate surface area is 146 Å². The van der Waals surface area contributed by atoms with Crippen LogP contribution in [0.3, 0.4) is 0 Å². The molecule has 2 rings (SSSR count). The average Bonchev–Trinajstić information content (AvgIpc) is 3.14. The number of hydrogen-bond acceptors (Lipinski definition) is 5. The molecular formula is C17H23N3O5. The molecule has 2 N–H and O–H groups in total. The molecule has 8 heteroatoms. The molecule has 1 atom stereocenters. The maximum Gasteiger partial charge on any atom is 0.255 e. The summed E-state index contributed by atoms with van der Waals surface area (Å²) in [6.45, 7) is 0.321. The first kappa shape index (κ1) is 18.6. The molecular weight excluding hydrogens is 326 g/mol. The number of hydrogen-bond donors (Lipinski definition) is 2. The predicted octanol–water partition coefficient (Wildman–Crippen LogP) is 0.171. The van der Waals surface area contributed by atoms with Gasteiger partial charge in [-0.1, -0.05) is 0 Å². The highest BCUT2D eigenvalue weighted by Gasteiger charge is 2.33. The molecule has 0 aliphatic carbocycles. The minimum absolute atomic E-state index is 0.188. The Bertz CT molecular complexity index is 662. The van der Waals surface area contributed by atoms with Gasteiger partial charge in [-0.15, -0.1) is 0 Å². The van der Waals surface area contributed by atoms with Gasteiger partial charge < -0.3 is 25.0 Å². The van der Waals surface area contributed by atoms with E-state index in [1.165, 1.54) is 19.1 Å². The standard InChI is InChI=1S/C17H23N3O5/c1-18-17(23)13-5-4-8-20(13)15(21)10-19-16(22)12-9-11(24-2)6-7-14(12)25-3/h6-7,9,13H,4-5,8,10H2,1-3H3,(H,18,23)(H,19,22)/t13-/m0/s1. The maximum atomic E-state index is 12.4. The van der Waals surface area contributed by atoms with Gasteiger partial charge >= 0.3 is 0 Å². The zero-order valence-corrected chi connectivity index (χ0v) is 14.6. The first-order valence-electron chi connectivity index (χ1n) is 8.03. The molecule has 0 bridgehead atoms. The van der Waals surface area contributed by atoms with Gasteiger partial charge in [0.05, 0.1) is 26.3 Å². The van der Waals surface area contributed by atoms with Crippen LogP contribution in [0.25, 0.3) is 0 Å². The van der Waals surface area contributed by atoms with Gasteiger partial charge in [-0.05, 0) is 31.0 Å². The average molecular weight is 349 g/mol. The number of ether oxygens (including phenoxy) is 2. The van der Waals surface area contributed by atoms with E-state index < -0.39 is 11.9 Å². The maximum absolute atomic E-state index is 12.4. The number of rotatable bonds is 6. The number of likely N-dealkylation sites (N-methyl/N-ethyl adjacent to an activating group) is 1. The van der Waals surface area contributed by atoms with E-state index in [9.17, 15) is 14.4 Å². The van der Waals surface area contributed by atoms with Gasteiger partial charge in [-0.2, -0.15) is 0 Å². The van der Waals surface area contributed by atoms with E-state index in [0.29, 0.717) is 24.5 Å². The largest absolute Gasteiger partial charge is 0.497 e. The Balaban J connectivity index is 2.02. The topological polar surface area (TPSA) is 97.0 Å². The molecule has 136 valence electrons. The van der Waals surface area contributed by atoms with E-state index in [1.54, 1.807) is 25.2 Å². The van der Waals surface area contributed by atoms with Crippen LogP contribution in [0.5, 0.6) is 11.5 Å². The highest BCUT2D eigenvalue weighted by molar-refractivity contribution is 5.99. The normalized spacial score (nSPS) is 16.3. The van der Waals surface area contributed by atoms with Crippen LogP contribution >= 0.6 is 0 Å². The van der Waals surface area contributed by atoms with Crippen LogP contribution in [0, 0.1) is 0 Å². The summed E-state index contributed by atoms with van der Waals surface area (Å²) in [4.78, 5) is 38.1. The number of carbonyl (C=O) groups excluding carboxylic acids is 3. The zero-order chi connectivity index (χ0) is 18.4. The molecule has 0 unspecified atom stereocenters. The number of likely N-dealkylation sites (tertiary alicyclic amines) is 1. The van der Waals surface area contributed by atoms with Crippen LogP contribution in [0.2, 0.25) is 0 Å². The summed E-state index contributed by atoms with van der Waals surface area (Å²) in [5.74, 6) is -0.0283. The quantitative estimate of drug-likeness (QED) is 0.763. The summed E-state index contributed by atoms with van der Waals surface area (Å²) in [6, 6.07) is 4.37. The fraction of sp³-hybridized carbons (Fsp3) is 0.471. The SMILES string of the molecule is CNC(=O)[C@@H]1CCCN1C(=O)CNC(=O)c1cc(OC)ccc1OC. The predicted molar refractivity (Wildman–Crippen MR) is 90.7 cm³/mol. The first-order chi connectivity index (χ1) is 12.0. The highest BCUT2D eigenvalue weighted by atomic mass is 16.5. The molecule has 25 heavy (non-hydrogen) atoms. The number of methoxy groups -OCH3 is 2. The molecule has 0 saturated carbocycles. The van der Waals surface area contributed by atoms with Crippen LogP contribution in [-0.2, 0) is 9.59 Å². The second kappa shape index (κ2) is 8.36. The molecule has 8 nitrogen and oxygen atoms in total. The number of amides is 3. The molecule has 0 radical (unpaired) electrons. The van der Waals surface area contributed by atoms with E-state index in [4.69, 9.17) is 9.47 Å². The first-order valence-corrected chi connectivity index (χ1v) is 8.03. The van der Waals surface area contributed by atoms with Gasteiger partial charge in [0.1, 0.15) is 17.5 Å². The fourth-order valence-electron chi connectivity index (χ4n) is 2.85. The van der Waals surface area contributed by atoms with Gasteiger partial charge in [0, 0.05) is 13.6 Å². The lowest BCUT2D eigenvalue weighted by atomic mass is 10.1. The number of carbonyl (C=O) groups is 3. The van der Waals surface area contributed by atoms with Crippen molar-refractivity contribution < 1.29 is 23.9 Å². The van der Waals surface area contributed by atoms with Gasteiger partial charge in [0.2, 0.25) is 11.8 Å². The van der Waals surface area contributed by atoms with Gasteiger partial charge in [0.15, 0.2) is 0 Å². The Kier molecular flexibility index (Phi) is 6.21. The third-order valence-electron chi connectivity index (χ3n) is 4.17. The molecule has 1 fully saturated rings. The van der Waals surface area contributed by atoms with Crippen molar-refractivity contribution in [1.82, 2.24) is 15.5 Å². The molecule has 1 saturated heterocycles. The van der Waals surface area contributed by atoms with Crippen molar-refractivity contribution in [3.8, 4) is 11.5 Å². The third-order valence-corrected chi connectivity index (χ3v) is 4.17. The molecule has 0 spiro atoms. The Morgan fingerprint density at radius 2 is 2.00 bits per heavy atom. The molecule has 1 aromatic carbocycles. The number of nitrogens with zero attached hydrogens (tertiary/aromatic N) is 1. The second-order valence-corrected chi connectivity index (χ2v) is 5.61. The third kappa shape index (κ3) is 4.20.